The highest BCUT2D eigenvalue weighted by molar-refractivity contribution is 7.98. The summed E-state index contributed by atoms with van der Waals surface area (Å²) in [4.78, 5) is 13.9. The van der Waals surface area contributed by atoms with Crippen LogP contribution in [0.5, 0.6) is 0 Å². The van der Waals surface area contributed by atoms with Crippen molar-refractivity contribution in [3.63, 3.8) is 0 Å². The second-order valence-corrected chi connectivity index (χ2v) is 6.92. The lowest BCUT2D eigenvalue weighted by Gasteiger charge is -1.98. The van der Waals surface area contributed by atoms with E-state index >= 15 is 0 Å². The van der Waals surface area contributed by atoms with Crippen LogP contribution in [0.25, 0.3) is 21.6 Å². The SMILES string of the molecule is Clc1cccc(-c2noc(CSc3ncnc4sccc34)n2)c1. The molecule has 0 radical (unpaired) electrons. The molecule has 4 aromatic rings. The molecule has 0 amide bonds. The van der Waals surface area contributed by atoms with Crippen molar-refractivity contribution >= 4 is 44.9 Å². The molecule has 0 N–H and O–H groups in total. The number of thioether (sulfide) groups is 1. The predicted molar refractivity (Wildman–Crippen MR) is 91.7 cm³/mol. The molecule has 5 nitrogen and oxygen atoms in total. The quantitative estimate of drug-likeness (QED) is 0.388. The highest BCUT2D eigenvalue weighted by Crippen LogP contribution is 2.30. The van der Waals surface area contributed by atoms with E-state index in [1.807, 2.05) is 35.7 Å². The van der Waals surface area contributed by atoms with Crippen LogP contribution in [0, 0.1) is 0 Å². The van der Waals surface area contributed by atoms with Gasteiger partial charge in [-0.25, -0.2) is 9.97 Å². The Bertz CT molecular complexity index is 969. The molecule has 114 valence electrons. The largest absolute Gasteiger partial charge is 0.338 e. The summed E-state index contributed by atoms with van der Waals surface area (Å²) >= 11 is 9.13. The smallest absolute Gasteiger partial charge is 0.237 e. The lowest BCUT2D eigenvalue weighted by atomic mass is 10.2. The first-order valence-electron chi connectivity index (χ1n) is 6.69. The summed E-state index contributed by atoms with van der Waals surface area (Å²) in [6.07, 6.45) is 1.58. The first kappa shape index (κ1) is 14.6. The van der Waals surface area contributed by atoms with Crippen molar-refractivity contribution in [2.45, 2.75) is 10.8 Å². The summed E-state index contributed by atoms with van der Waals surface area (Å²) in [5.74, 6) is 1.63. The lowest BCUT2D eigenvalue weighted by Crippen LogP contribution is -1.86. The minimum absolute atomic E-state index is 0.534. The fourth-order valence-corrected chi connectivity index (χ4v) is 3.88. The van der Waals surface area contributed by atoms with E-state index in [9.17, 15) is 0 Å². The van der Waals surface area contributed by atoms with E-state index in [1.54, 1.807) is 29.4 Å². The monoisotopic (exact) mass is 360 g/mol. The molecule has 0 atom stereocenters. The molecule has 0 aliphatic carbocycles. The third kappa shape index (κ3) is 3.08. The first-order valence-corrected chi connectivity index (χ1v) is 8.93. The highest BCUT2D eigenvalue weighted by atomic mass is 35.5. The Kier molecular flexibility index (Phi) is 3.99. The zero-order valence-corrected chi connectivity index (χ0v) is 14.0. The van der Waals surface area contributed by atoms with Gasteiger partial charge in [-0.05, 0) is 23.6 Å². The van der Waals surface area contributed by atoms with Gasteiger partial charge in [-0.1, -0.05) is 40.7 Å². The fraction of sp³-hybridized carbons (Fsp3) is 0.0667. The average molecular weight is 361 g/mol. The third-order valence-electron chi connectivity index (χ3n) is 3.11. The molecule has 3 heterocycles. The Labute approximate surface area is 144 Å². The van der Waals surface area contributed by atoms with Crippen LogP contribution in [-0.2, 0) is 5.75 Å². The van der Waals surface area contributed by atoms with Gasteiger partial charge >= 0.3 is 0 Å². The molecule has 0 aliphatic rings. The van der Waals surface area contributed by atoms with Crippen LogP contribution in [0.4, 0.5) is 0 Å². The molecule has 0 saturated carbocycles. The van der Waals surface area contributed by atoms with Gasteiger partial charge in [-0.15, -0.1) is 11.3 Å². The minimum Gasteiger partial charge on any atom is -0.338 e. The van der Waals surface area contributed by atoms with Crippen LogP contribution in [-0.4, -0.2) is 20.1 Å². The first-order chi connectivity index (χ1) is 11.3. The number of thiophene rings is 1. The molecular formula is C15H9ClN4OS2. The van der Waals surface area contributed by atoms with E-state index < -0.39 is 0 Å². The summed E-state index contributed by atoms with van der Waals surface area (Å²) in [6.45, 7) is 0. The number of halogens is 1. The molecule has 0 fully saturated rings. The Hall–Kier alpha value is -1.96. The van der Waals surface area contributed by atoms with Gasteiger partial charge in [0.1, 0.15) is 16.2 Å². The van der Waals surface area contributed by atoms with Gasteiger partial charge in [-0.2, -0.15) is 4.98 Å². The molecule has 0 spiro atoms. The molecule has 0 aliphatic heterocycles. The second-order valence-electron chi connectivity index (χ2n) is 4.63. The normalized spacial score (nSPS) is 11.2. The van der Waals surface area contributed by atoms with Crippen LogP contribution in [0.3, 0.4) is 0 Å². The maximum absolute atomic E-state index is 5.98. The average Bonchev–Trinajstić information content (AvgIpc) is 3.22. The van der Waals surface area contributed by atoms with Crippen LogP contribution in [0.1, 0.15) is 5.89 Å². The Morgan fingerprint density at radius 3 is 3.09 bits per heavy atom. The van der Waals surface area contributed by atoms with E-state index in [0.29, 0.717) is 22.5 Å². The molecule has 0 unspecified atom stereocenters. The molecule has 0 saturated heterocycles. The van der Waals surface area contributed by atoms with Crippen molar-refractivity contribution in [3.8, 4) is 11.4 Å². The van der Waals surface area contributed by atoms with Gasteiger partial charge in [0.05, 0.1) is 5.75 Å². The maximum Gasteiger partial charge on any atom is 0.237 e. The highest BCUT2D eigenvalue weighted by Gasteiger charge is 2.11. The van der Waals surface area contributed by atoms with Crippen molar-refractivity contribution in [2.24, 2.45) is 0 Å². The topological polar surface area (TPSA) is 64.7 Å². The molecule has 4 rings (SSSR count). The van der Waals surface area contributed by atoms with Crippen LogP contribution in [0.15, 0.2) is 51.6 Å². The van der Waals surface area contributed by atoms with E-state index in [4.69, 9.17) is 16.1 Å². The zero-order valence-electron chi connectivity index (χ0n) is 11.6. The molecule has 1 aromatic carbocycles. The van der Waals surface area contributed by atoms with Gasteiger partial charge in [0.25, 0.3) is 0 Å². The fourth-order valence-electron chi connectivity index (χ4n) is 2.07. The van der Waals surface area contributed by atoms with Crippen molar-refractivity contribution in [2.75, 3.05) is 0 Å². The van der Waals surface area contributed by atoms with E-state index in [1.165, 1.54) is 0 Å². The summed E-state index contributed by atoms with van der Waals surface area (Å²) in [6, 6.07) is 9.39. The Morgan fingerprint density at radius 1 is 1.22 bits per heavy atom. The number of hydrogen-bond donors (Lipinski definition) is 0. The van der Waals surface area contributed by atoms with Crippen molar-refractivity contribution in [3.05, 3.63) is 53.0 Å². The minimum atomic E-state index is 0.534. The van der Waals surface area contributed by atoms with Gasteiger partial charge in [0.15, 0.2) is 0 Å². The Balaban J connectivity index is 1.53. The van der Waals surface area contributed by atoms with Gasteiger partial charge in [0, 0.05) is 16.0 Å². The number of benzene rings is 1. The summed E-state index contributed by atoms with van der Waals surface area (Å²) in [5.41, 5.74) is 0.833. The lowest BCUT2D eigenvalue weighted by molar-refractivity contribution is 0.391. The summed E-state index contributed by atoms with van der Waals surface area (Å²) in [5, 5.41) is 8.62. The molecule has 0 bridgehead atoms. The molecule has 8 heteroatoms. The standard InChI is InChI=1S/C15H9ClN4OS2/c16-10-3-1-2-9(6-10)13-19-12(21-20-13)7-23-15-11-4-5-22-14(11)17-8-18-15/h1-6,8H,7H2. The van der Waals surface area contributed by atoms with Gasteiger partial charge < -0.3 is 4.52 Å². The van der Waals surface area contributed by atoms with E-state index in [-0.39, 0.29) is 0 Å². The van der Waals surface area contributed by atoms with E-state index in [0.717, 1.165) is 20.8 Å². The van der Waals surface area contributed by atoms with Crippen LogP contribution in [0.2, 0.25) is 5.02 Å². The number of aromatic nitrogens is 4. The summed E-state index contributed by atoms with van der Waals surface area (Å²) < 4.78 is 5.31. The van der Waals surface area contributed by atoms with Gasteiger partial charge in [-0.3, -0.25) is 0 Å². The van der Waals surface area contributed by atoms with E-state index in [2.05, 4.69) is 20.1 Å². The molecule has 23 heavy (non-hydrogen) atoms. The zero-order chi connectivity index (χ0) is 15.6. The maximum atomic E-state index is 5.98. The third-order valence-corrected chi connectivity index (χ3v) is 5.15. The number of hydrogen-bond acceptors (Lipinski definition) is 7. The Morgan fingerprint density at radius 2 is 2.17 bits per heavy atom. The predicted octanol–water partition coefficient (Wildman–Crippen LogP) is 4.69. The van der Waals surface area contributed by atoms with Crippen molar-refractivity contribution in [1.82, 2.24) is 20.1 Å². The number of fused-ring (bicyclic) bond motifs is 1. The van der Waals surface area contributed by atoms with Crippen LogP contribution >= 0.6 is 34.7 Å². The van der Waals surface area contributed by atoms with Gasteiger partial charge in [0.2, 0.25) is 11.7 Å². The van der Waals surface area contributed by atoms with Crippen LogP contribution < -0.4 is 0 Å². The van der Waals surface area contributed by atoms with Crippen molar-refractivity contribution in [1.29, 1.82) is 0 Å². The number of rotatable bonds is 4. The molecule has 3 aromatic heterocycles. The molecular weight excluding hydrogens is 352 g/mol. The second kappa shape index (κ2) is 6.27. The number of nitrogens with zero attached hydrogens (tertiary/aromatic N) is 4. The summed E-state index contributed by atoms with van der Waals surface area (Å²) in [7, 11) is 0. The van der Waals surface area contributed by atoms with Crippen molar-refractivity contribution < 1.29 is 4.52 Å².